The molecule has 2 N–H and O–H groups in total. The Morgan fingerprint density at radius 1 is 1.37 bits per heavy atom. The van der Waals surface area contributed by atoms with Gasteiger partial charge in [0.15, 0.2) is 0 Å². The van der Waals surface area contributed by atoms with Gasteiger partial charge >= 0.3 is 0 Å². The number of likely N-dealkylation sites (N-methyl/N-ethyl adjacent to an activating group) is 1. The Kier molecular flexibility index (Phi) is 4.37. The molecule has 1 aromatic carbocycles. The molecule has 1 heterocycles. The van der Waals surface area contributed by atoms with Crippen LogP contribution in [-0.2, 0) is 4.79 Å². The van der Waals surface area contributed by atoms with E-state index in [4.69, 9.17) is 5.73 Å². The number of carbonyl (C=O) groups is 1. The molecule has 1 aliphatic rings. The van der Waals surface area contributed by atoms with Gasteiger partial charge in [-0.2, -0.15) is 0 Å². The van der Waals surface area contributed by atoms with E-state index in [-0.39, 0.29) is 17.8 Å². The monoisotopic (exact) mass is 265 g/mol. The number of hydrogen-bond donors (Lipinski definition) is 1. The lowest BCUT2D eigenvalue weighted by atomic mass is 10.1. The summed E-state index contributed by atoms with van der Waals surface area (Å²) >= 11 is 0. The van der Waals surface area contributed by atoms with Crippen LogP contribution in [-0.4, -0.2) is 43.5 Å². The number of amides is 1. The van der Waals surface area contributed by atoms with Crippen molar-refractivity contribution in [1.82, 2.24) is 4.90 Å². The molecule has 1 atom stereocenters. The second kappa shape index (κ2) is 6.02. The lowest BCUT2D eigenvalue weighted by molar-refractivity contribution is -0.130. The average molecular weight is 265 g/mol. The fourth-order valence-corrected chi connectivity index (χ4v) is 2.54. The van der Waals surface area contributed by atoms with Crippen LogP contribution < -0.4 is 10.6 Å². The Balaban J connectivity index is 2.35. The van der Waals surface area contributed by atoms with Gasteiger partial charge in [-0.15, -0.1) is 0 Å². The van der Waals surface area contributed by atoms with Crippen LogP contribution in [0.1, 0.15) is 12.8 Å². The summed E-state index contributed by atoms with van der Waals surface area (Å²) in [4.78, 5) is 15.9. The fraction of sp³-hybridized carbons (Fsp3) is 0.500. The summed E-state index contributed by atoms with van der Waals surface area (Å²) < 4.78 is 13.9. The first kappa shape index (κ1) is 13.8. The van der Waals surface area contributed by atoms with E-state index < -0.39 is 0 Å². The number of para-hydroxylation sites is 1. The van der Waals surface area contributed by atoms with E-state index in [1.807, 2.05) is 4.90 Å². The maximum atomic E-state index is 13.9. The molecule has 0 radical (unpaired) electrons. The van der Waals surface area contributed by atoms with E-state index in [1.54, 1.807) is 30.1 Å². The molecule has 0 saturated carbocycles. The molecule has 104 valence electrons. The Morgan fingerprint density at radius 3 is 2.79 bits per heavy atom. The zero-order valence-corrected chi connectivity index (χ0v) is 11.2. The zero-order chi connectivity index (χ0) is 13.8. The van der Waals surface area contributed by atoms with E-state index in [0.29, 0.717) is 31.7 Å². The maximum absolute atomic E-state index is 13.9. The minimum Gasteiger partial charge on any atom is -0.357 e. The van der Waals surface area contributed by atoms with Gasteiger partial charge in [-0.25, -0.2) is 4.39 Å². The molecule has 1 aromatic rings. The zero-order valence-electron chi connectivity index (χ0n) is 11.2. The molecule has 0 aromatic heterocycles. The van der Waals surface area contributed by atoms with Crippen LogP contribution in [0.4, 0.5) is 10.1 Å². The smallest absolute Gasteiger partial charge is 0.245 e. The van der Waals surface area contributed by atoms with Crippen molar-refractivity contribution < 1.29 is 9.18 Å². The predicted molar refractivity (Wildman–Crippen MR) is 73.5 cm³/mol. The van der Waals surface area contributed by atoms with Crippen LogP contribution in [0.25, 0.3) is 0 Å². The lowest BCUT2D eigenvalue weighted by Crippen LogP contribution is -2.46. The molecule has 1 amide bonds. The SMILES string of the molecule is CN1CCCN(c2ccccc2F)C(CCN)C1=O. The van der Waals surface area contributed by atoms with Gasteiger partial charge in [0, 0.05) is 20.1 Å². The van der Waals surface area contributed by atoms with Crippen molar-refractivity contribution >= 4 is 11.6 Å². The van der Waals surface area contributed by atoms with Gasteiger partial charge in [-0.1, -0.05) is 12.1 Å². The van der Waals surface area contributed by atoms with Crippen LogP contribution in [0.3, 0.4) is 0 Å². The number of rotatable bonds is 3. The van der Waals surface area contributed by atoms with Gasteiger partial charge in [-0.05, 0) is 31.5 Å². The Labute approximate surface area is 113 Å². The molecule has 5 heteroatoms. The van der Waals surface area contributed by atoms with E-state index in [2.05, 4.69) is 0 Å². The molecule has 4 nitrogen and oxygen atoms in total. The van der Waals surface area contributed by atoms with E-state index >= 15 is 0 Å². The summed E-state index contributed by atoms with van der Waals surface area (Å²) in [5, 5.41) is 0. The Hall–Kier alpha value is -1.62. The number of halogens is 1. The molecule has 2 rings (SSSR count). The van der Waals surface area contributed by atoms with Crippen LogP contribution in [0.5, 0.6) is 0 Å². The highest BCUT2D eigenvalue weighted by molar-refractivity contribution is 5.85. The number of benzene rings is 1. The number of nitrogens with zero attached hydrogens (tertiary/aromatic N) is 2. The number of hydrogen-bond acceptors (Lipinski definition) is 3. The van der Waals surface area contributed by atoms with Crippen molar-refractivity contribution in [2.24, 2.45) is 5.73 Å². The quantitative estimate of drug-likeness (QED) is 0.893. The van der Waals surface area contributed by atoms with Crippen molar-refractivity contribution in [3.63, 3.8) is 0 Å². The highest BCUT2D eigenvalue weighted by Crippen LogP contribution is 2.25. The van der Waals surface area contributed by atoms with Crippen molar-refractivity contribution in [3.05, 3.63) is 30.1 Å². The van der Waals surface area contributed by atoms with Crippen LogP contribution in [0.15, 0.2) is 24.3 Å². The normalized spacial score (nSPS) is 20.6. The largest absolute Gasteiger partial charge is 0.357 e. The van der Waals surface area contributed by atoms with Crippen molar-refractivity contribution in [3.8, 4) is 0 Å². The minimum atomic E-state index is -0.366. The van der Waals surface area contributed by atoms with E-state index in [1.165, 1.54) is 6.07 Å². The first-order valence-corrected chi connectivity index (χ1v) is 6.61. The fourth-order valence-electron chi connectivity index (χ4n) is 2.54. The van der Waals surface area contributed by atoms with Gasteiger partial charge in [0.2, 0.25) is 5.91 Å². The van der Waals surface area contributed by atoms with Crippen LogP contribution in [0.2, 0.25) is 0 Å². The van der Waals surface area contributed by atoms with E-state index in [9.17, 15) is 9.18 Å². The van der Waals surface area contributed by atoms with Crippen LogP contribution >= 0.6 is 0 Å². The summed E-state index contributed by atoms with van der Waals surface area (Å²) in [6, 6.07) is 6.22. The second-order valence-electron chi connectivity index (χ2n) is 4.85. The summed E-state index contributed by atoms with van der Waals surface area (Å²) in [6.07, 6.45) is 1.37. The molecular weight excluding hydrogens is 245 g/mol. The van der Waals surface area contributed by atoms with Crippen molar-refractivity contribution in [2.75, 3.05) is 31.6 Å². The first-order chi connectivity index (χ1) is 9.15. The molecule has 0 bridgehead atoms. The van der Waals surface area contributed by atoms with Gasteiger partial charge in [0.1, 0.15) is 11.9 Å². The highest BCUT2D eigenvalue weighted by atomic mass is 19.1. The number of carbonyl (C=O) groups excluding carboxylic acids is 1. The maximum Gasteiger partial charge on any atom is 0.245 e. The molecule has 19 heavy (non-hydrogen) atoms. The standard InChI is InChI=1S/C14H20FN3O/c1-17-9-4-10-18(13(7-8-16)14(17)19)12-6-3-2-5-11(12)15/h2-3,5-6,13H,4,7-10,16H2,1H3. The third kappa shape index (κ3) is 2.87. The van der Waals surface area contributed by atoms with Gasteiger partial charge < -0.3 is 15.5 Å². The van der Waals surface area contributed by atoms with Gasteiger partial charge in [0.05, 0.1) is 5.69 Å². The highest BCUT2D eigenvalue weighted by Gasteiger charge is 2.31. The second-order valence-corrected chi connectivity index (χ2v) is 4.85. The molecule has 0 aliphatic carbocycles. The molecule has 1 unspecified atom stereocenters. The van der Waals surface area contributed by atoms with E-state index in [0.717, 1.165) is 6.42 Å². The molecule has 1 aliphatic heterocycles. The van der Waals surface area contributed by atoms with Gasteiger partial charge in [0.25, 0.3) is 0 Å². The Morgan fingerprint density at radius 2 is 2.11 bits per heavy atom. The minimum absolute atomic E-state index is 0.0196. The summed E-state index contributed by atoms with van der Waals surface area (Å²) in [7, 11) is 1.79. The summed E-state index contributed by atoms with van der Waals surface area (Å²) in [5.41, 5.74) is 6.10. The molecule has 0 spiro atoms. The lowest BCUT2D eigenvalue weighted by Gasteiger charge is -2.31. The van der Waals surface area contributed by atoms with Crippen LogP contribution in [0, 0.1) is 5.82 Å². The first-order valence-electron chi connectivity index (χ1n) is 6.61. The summed E-state index contributed by atoms with van der Waals surface area (Å²) in [6.45, 7) is 1.78. The molecule has 1 fully saturated rings. The molecular formula is C14H20FN3O. The van der Waals surface area contributed by atoms with Gasteiger partial charge in [-0.3, -0.25) is 4.79 Å². The Bertz CT molecular complexity index is 452. The third-order valence-electron chi connectivity index (χ3n) is 3.53. The topological polar surface area (TPSA) is 49.6 Å². The predicted octanol–water partition coefficient (Wildman–Crippen LogP) is 1.21. The third-order valence-corrected chi connectivity index (χ3v) is 3.53. The average Bonchev–Trinajstić information content (AvgIpc) is 2.53. The van der Waals surface area contributed by atoms with Crippen molar-refractivity contribution in [1.29, 1.82) is 0 Å². The number of nitrogens with two attached hydrogens (primary N) is 1. The molecule has 1 saturated heterocycles. The number of anilines is 1. The summed E-state index contributed by atoms with van der Waals surface area (Å²) in [5.74, 6) is -0.270. The van der Waals surface area contributed by atoms with Crippen molar-refractivity contribution in [2.45, 2.75) is 18.9 Å².